The SMILES string of the molecule is C=CCO[C@@H]1[C@H](O)[C@@H](CO)O[C@H]1n1ccc(NC(=O)c2ccccc2)nc1=O. The van der Waals surface area contributed by atoms with Crippen molar-refractivity contribution in [1.29, 1.82) is 0 Å². The topological polar surface area (TPSA) is 123 Å². The molecule has 0 aliphatic carbocycles. The lowest BCUT2D eigenvalue weighted by atomic mass is 10.1. The molecule has 1 fully saturated rings. The minimum absolute atomic E-state index is 0.0796. The average molecular weight is 387 g/mol. The number of rotatable bonds is 7. The number of benzene rings is 1. The molecule has 148 valence electrons. The maximum atomic E-state index is 12.5. The van der Waals surface area contributed by atoms with Crippen molar-refractivity contribution in [3.05, 3.63) is 71.3 Å². The van der Waals surface area contributed by atoms with Crippen LogP contribution in [0.25, 0.3) is 0 Å². The number of carbonyl (C=O) groups is 1. The first-order valence-corrected chi connectivity index (χ1v) is 8.67. The van der Waals surface area contributed by atoms with E-state index < -0.39 is 42.7 Å². The fraction of sp³-hybridized carbons (Fsp3) is 0.316. The van der Waals surface area contributed by atoms with E-state index >= 15 is 0 Å². The molecule has 3 rings (SSSR count). The Bertz CT molecular complexity index is 885. The summed E-state index contributed by atoms with van der Waals surface area (Å²) in [5.74, 6) is -0.318. The number of hydrogen-bond acceptors (Lipinski definition) is 7. The van der Waals surface area contributed by atoms with E-state index in [0.29, 0.717) is 5.56 Å². The Labute approximate surface area is 160 Å². The van der Waals surface area contributed by atoms with Crippen LogP contribution in [0.3, 0.4) is 0 Å². The van der Waals surface area contributed by atoms with Crippen molar-refractivity contribution in [3.8, 4) is 0 Å². The van der Waals surface area contributed by atoms with E-state index in [0.717, 1.165) is 4.57 Å². The smallest absolute Gasteiger partial charge is 0.351 e. The summed E-state index contributed by atoms with van der Waals surface area (Å²) in [6.45, 7) is 3.25. The largest absolute Gasteiger partial charge is 0.394 e. The van der Waals surface area contributed by atoms with E-state index in [-0.39, 0.29) is 12.4 Å². The third-order valence-corrected chi connectivity index (χ3v) is 4.28. The van der Waals surface area contributed by atoms with E-state index in [4.69, 9.17) is 9.47 Å². The first kappa shape index (κ1) is 19.9. The number of nitrogens with zero attached hydrogens (tertiary/aromatic N) is 2. The number of aliphatic hydroxyl groups is 2. The van der Waals surface area contributed by atoms with Crippen LogP contribution in [0.2, 0.25) is 0 Å². The quantitative estimate of drug-likeness (QED) is 0.585. The zero-order valence-corrected chi connectivity index (χ0v) is 15.0. The third-order valence-electron chi connectivity index (χ3n) is 4.28. The van der Waals surface area contributed by atoms with Crippen LogP contribution in [0.1, 0.15) is 16.6 Å². The van der Waals surface area contributed by atoms with Gasteiger partial charge in [0.1, 0.15) is 24.1 Å². The molecule has 0 bridgehead atoms. The van der Waals surface area contributed by atoms with Crippen molar-refractivity contribution < 1.29 is 24.5 Å². The molecule has 3 N–H and O–H groups in total. The Balaban J connectivity index is 1.80. The van der Waals surface area contributed by atoms with Crippen LogP contribution in [0.15, 0.2) is 60.0 Å². The number of carbonyl (C=O) groups excluding carboxylic acids is 1. The summed E-state index contributed by atoms with van der Waals surface area (Å²) in [6.07, 6.45) is -1.01. The minimum atomic E-state index is -1.13. The van der Waals surface area contributed by atoms with Crippen LogP contribution >= 0.6 is 0 Å². The van der Waals surface area contributed by atoms with Gasteiger partial charge >= 0.3 is 5.69 Å². The van der Waals surface area contributed by atoms with Gasteiger partial charge in [-0.15, -0.1) is 6.58 Å². The highest BCUT2D eigenvalue weighted by Gasteiger charge is 2.45. The van der Waals surface area contributed by atoms with Crippen LogP contribution in [-0.2, 0) is 9.47 Å². The van der Waals surface area contributed by atoms with Crippen molar-refractivity contribution in [1.82, 2.24) is 9.55 Å². The molecular weight excluding hydrogens is 366 g/mol. The van der Waals surface area contributed by atoms with Crippen molar-refractivity contribution >= 4 is 11.7 Å². The summed E-state index contributed by atoms with van der Waals surface area (Å²) >= 11 is 0. The van der Waals surface area contributed by atoms with Gasteiger partial charge in [0.05, 0.1) is 13.2 Å². The maximum Gasteiger partial charge on any atom is 0.351 e. The van der Waals surface area contributed by atoms with Gasteiger partial charge in [0.25, 0.3) is 5.91 Å². The molecule has 1 aliphatic heterocycles. The molecule has 2 aromatic rings. The summed E-state index contributed by atoms with van der Waals surface area (Å²) in [7, 11) is 0. The molecule has 9 nitrogen and oxygen atoms in total. The standard InChI is InChI=1S/C19H21N3O6/c1-2-10-27-16-15(24)13(11-23)28-18(16)22-9-8-14(21-19(22)26)20-17(25)12-6-4-3-5-7-12/h2-9,13,15-16,18,23-24H,1,10-11H2,(H,20,21,25,26)/t13-,15-,16-,18-/m1/s1. The van der Waals surface area contributed by atoms with Gasteiger partial charge in [0.2, 0.25) is 0 Å². The number of hydrogen-bond donors (Lipinski definition) is 3. The molecule has 0 radical (unpaired) electrons. The summed E-state index contributed by atoms with van der Waals surface area (Å²) in [6, 6.07) is 9.96. The number of amides is 1. The predicted octanol–water partition coefficient (Wildman–Crippen LogP) is 0.317. The summed E-state index contributed by atoms with van der Waals surface area (Å²) in [5.41, 5.74) is -0.270. The molecule has 4 atom stereocenters. The monoisotopic (exact) mass is 387 g/mol. The Morgan fingerprint density at radius 2 is 2.11 bits per heavy atom. The van der Waals surface area contributed by atoms with E-state index in [2.05, 4.69) is 16.9 Å². The lowest BCUT2D eigenvalue weighted by molar-refractivity contribution is -0.0685. The average Bonchev–Trinajstić information content (AvgIpc) is 3.02. The molecule has 1 amide bonds. The van der Waals surface area contributed by atoms with Crippen LogP contribution in [0.4, 0.5) is 5.82 Å². The van der Waals surface area contributed by atoms with Gasteiger partial charge in [-0.2, -0.15) is 4.98 Å². The Morgan fingerprint density at radius 1 is 1.36 bits per heavy atom. The zero-order chi connectivity index (χ0) is 20.1. The molecule has 1 saturated heterocycles. The van der Waals surface area contributed by atoms with Gasteiger partial charge < -0.3 is 25.0 Å². The molecule has 1 aromatic carbocycles. The van der Waals surface area contributed by atoms with Crippen molar-refractivity contribution in [3.63, 3.8) is 0 Å². The van der Waals surface area contributed by atoms with Crippen molar-refractivity contribution in [2.24, 2.45) is 0 Å². The molecule has 0 spiro atoms. The van der Waals surface area contributed by atoms with Crippen LogP contribution < -0.4 is 11.0 Å². The Hall–Kier alpha value is -2.85. The highest BCUT2D eigenvalue weighted by atomic mass is 16.6. The number of aliphatic hydroxyl groups excluding tert-OH is 2. The zero-order valence-electron chi connectivity index (χ0n) is 15.0. The first-order valence-electron chi connectivity index (χ1n) is 8.67. The lowest BCUT2D eigenvalue weighted by Crippen LogP contribution is -2.38. The van der Waals surface area contributed by atoms with Gasteiger partial charge in [-0.25, -0.2) is 4.79 Å². The third kappa shape index (κ3) is 4.18. The van der Waals surface area contributed by atoms with Crippen molar-refractivity contribution in [2.75, 3.05) is 18.5 Å². The Kier molecular flexibility index (Phi) is 6.32. The Morgan fingerprint density at radius 3 is 2.75 bits per heavy atom. The molecular formula is C19H21N3O6. The molecule has 1 aliphatic rings. The lowest BCUT2D eigenvalue weighted by Gasteiger charge is -2.21. The number of aromatic nitrogens is 2. The van der Waals surface area contributed by atoms with Crippen LogP contribution in [-0.4, -0.2) is 57.2 Å². The highest BCUT2D eigenvalue weighted by molar-refractivity contribution is 6.03. The first-order chi connectivity index (χ1) is 13.5. The predicted molar refractivity (Wildman–Crippen MR) is 99.8 cm³/mol. The highest BCUT2D eigenvalue weighted by Crippen LogP contribution is 2.30. The van der Waals surface area contributed by atoms with E-state index in [1.807, 2.05) is 0 Å². The second-order valence-electron chi connectivity index (χ2n) is 6.15. The number of nitrogens with one attached hydrogen (secondary N) is 1. The van der Waals surface area contributed by atoms with Crippen LogP contribution in [0.5, 0.6) is 0 Å². The van der Waals surface area contributed by atoms with Gasteiger partial charge in [-0.3, -0.25) is 9.36 Å². The molecule has 0 unspecified atom stereocenters. The second-order valence-corrected chi connectivity index (χ2v) is 6.15. The minimum Gasteiger partial charge on any atom is -0.394 e. The van der Waals surface area contributed by atoms with Gasteiger partial charge in [-0.05, 0) is 18.2 Å². The summed E-state index contributed by atoms with van der Waals surface area (Å²) in [5, 5.41) is 22.2. The second kappa shape index (κ2) is 8.89. The van der Waals surface area contributed by atoms with Gasteiger partial charge in [-0.1, -0.05) is 24.3 Å². The van der Waals surface area contributed by atoms with Gasteiger partial charge in [0.15, 0.2) is 6.23 Å². The van der Waals surface area contributed by atoms with Gasteiger partial charge in [0, 0.05) is 11.8 Å². The fourth-order valence-electron chi connectivity index (χ4n) is 2.91. The summed E-state index contributed by atoms with van der Waals surface area (Å²) < 4.78 is 12.2. The summed E-state index contributed by atoms with van der Waals surface area (Å²) in [4.78, 5) is 28.5. The molecule has 2 heterocycles. The maximum absolute atomic E-state index is 12.5. The molecule has 28 heavy (non-hydrogen) atoms. The normalized spacial score (nSPS) is 24.1. The van der Waals surface area contributed by atoms with Crippen molar-refractivity contribution in [2.45, 2.75) is 24.5 Å². The number of ether oxygens (including phenoxy) is 2. The number of anilines is 1. The fourth-order valence-corrected chi connectivity index (χ4v) is 2.91. The van der Waals surface area contributed by atoms with E-state index in [9.17, 15) is 19.8 Å². The molecule has 0 saturated carbocycles. The molecule has 1 aromatic heterocycles. The van der Waals surface area contributed by atoms with E-state index in [1.165, 1.54) is 18.3 Å². The van der Waals surface area contributed by atoms with E-state index in [1.54, 1.807) is 30.3 Å². The van der Waals surface area contributed by atoms with Crippen LogP contribution in [0, 0.1) is 0 Å². The molecule has 9 heteroatoms.